The molecule has 2 aromatic carbocycles. The molecule has 168 valence electrons. The zero-order valence-corrected chi connectivity index (χ0v) is 18.9. The lowest BCUT2D eigenvalue weighted by Crippen LogP contribution is -2.56. The molecule has 1 aliphatic heterocycles. The van der Waals surface area contributed by atoms with Crippen LogP contribution in [0.3, 0.4) is 0 Å². The van der Waals surface area contributed by atoms with Gasteiger partial charge >= 0.3 is 0 Å². The molecule has 1 saturated carbocycles. The van der Waals surface area contributed by atoms with Crippen molar-refractivity contribution in [3.63, 3.8) is 0 Å². The standard InChI is InChI=1S/C26H31N3O3/c1-16(2)18-8-10-19(11-9-18)24(28-25(31)20-12-13-20)21-6-4-5-7-22(21)27-26(32)23-14-15-29(23)17(3)30/h4-11,16,20,23-24H,12-15H2,1-3H3,(H,27,32)(H,28,31)/t23-,24+/m0/s1. The van der Waals surface area contributed by atoms with Crippen molar-refractivity contribution in [3.8, 4) is 0 Å². The molecule has 6 heteroatoms. The normalized spacial score (nSPS) is 18.6. The van der Waals surface area contributed by atoms with E-state index in [4.69, 9.17) is 0 Å². The number of anilines is 1. The van der Waals surface area contributed by atoms with Gasteiger partial charge in [0.1, 0.15) is 6.04 Å². The van der Waals surface area contributed by atoms with E-state index in [1.807, 2.05) is 24.3 Å². The molecule has 32 heavy (non-hydrogen) atoms. The number of likely N-dealkylation sites (tertiary alicyclic amines) is 1. The van der Waals surface area contributed by atoms with E-state index in [1.54, 1.807) is 4.90 Å². The lowest BCUT2D eigenvalue weighted by molar-refractivity contribution is -0.143. The second-order valence-electron chi connectivity index (χ2n) is 9.13. The van der Waals surface area contributed by atoms with Gasteiger partial charge in [0.05, 0.1) is 6.04 Å². The maximum atomic E-state index is 12.9. The van der Waals surface area contributed by atoms with E-state index in [1.165, 1.54) is 12.5 Å². The number of rotatable bonds is 7. The monoisotopic (exact) mass is 433 g/mol. The second kappa shape index (κ2) is 9.15. The van der Waals surface area contributed by atoms with Crippen LogP contribution >= 0.6 is 0 Å². The molecule has 2 fully saturated rings. The van der Waals surface area contributed by atoms with Gasteiger partial charge in [0.25, 0.3) is 0 Å². The molecule has 1 saturated heterocycles. The topological polar surface area (TPSA) is 78.5 Å². The van der Waals surface area contributed by atoms with Crippen molar-refractivity contribution in [3.05, 3.63) is 65.2 Å². The summed E-state index contributed by atoms with van der Waals surface area (Å²) in [6, 6.07) is 15.0. The number of carbonyl (C=O) groups is 3. The second-order valence-corrected chi connectivity index (χ2v) is 9.13. The Hall–Kier alpha value is -3.15. The quantitative estimate of drug-likeness (QED) is 0.693. The average Bonchev–Trinajstić information content (AvgIpc) is 3.57. The predicted molar refractivity (Wildman–Crippen MR) is 124 cm³/mol. The molecule has 2 aromatic rings. The van der Waals surface area contributed by atoms with Gasteiger partial charge in [-0.25, -0.2) is 0 Å². The highest BCUT2D eigenvalue weighted by atomic mass is 16.2. The Labute approximate surface area is 189 Å². The van der Waals surface area contributed by atoms with E-state index in [0.717, 1.165) is 24.0 Å². The Kier molecular flexibility index (Phi) is 6.31. The minimum Gasteiger partial charge on any atom is -0.345 e. The molecule has 0 unspecified atom stereocenters. The highest BCUT2D eigenvalue weighted by Crippen LogP contribution is 2.34. The average molecular weight is 434 g/mol. The van der Waals surface area contributed by atoms with E-state index in [2.05, 4.69) is 48.7 Å². The molecule has 1 heterocycles. The Balaban J connectivity index is 1.63. The summed E-state index contributed by atoms with van der Waals surface area (Å²) in [7, 11) is 0. The number of amides is 3. The van der Waals surface area contributed by atoms with Crippen LogP contribution in [-0.4, -0.2) is 35.2 Å². The third kappa shape index (κ3) is 4.69. The third-order valence-electron chi connectivity index (χ3n) is 6.43. The minimum atomic E-state index is -0.439. The van der Waals surface area contributed by atoms with Gasteiger partial charge in [0, 0.05) is 30.6 Å². The fraction of sp³-hybridized carbons (Fsp3) is 0.423. The summed E-state index contributed by atoms with van der Waals surface area (Å²) in [6.07, 6.45) is 2.50. The van der Waals surface area contributed by atoms with Crippen LogP contribution in [0.1, 0.15) is 68.7 Å². The Morgan fingerprint density at radius 1 is 0.906 bits per heavy atom. The molecular weight excluding hydrogens is 402 g/mol. The summed E-state index contributed by atoms with van der Waals surface area (Å²) in [5, 5.41) is 6.21. The van der Waals surface area contributed by atoms with Crippen LogP contribution in [0.25, 0.3) is 0 Å². The first-order chi connectivity index (χ1) is 15.3. The zero-order chi connectivity index (χ0) is 22.8. The number of nitrogens with one attached hydrogen (secondary N) is 2. The minimum absolute atomic E-state index is 0.0470. The van der Waals surface area contributed by atoms with E-state index in [0.29, 0.717) is 24.6 Å². The van der Waals surface area contributed by atoms with E-state index < -0.39 is 6.04 Å². The number of hydrogen-bond acceptors (Lipinski definition) is 3. The van der Waals surface area contributed by atoms with Crippen LogP contribution < -0.4 is 10.6 Å². The largest absolute Gasteiger partial charge is 0.345 e. The number of benzene rings is 2. The molecule has 0 aromatic heterocycles. The van der Waals surface area contributed by atoms with Gasteiger partial charge < -0.3 is 15.5 Å². The summed E-state index contributed by atoms with van der Waals surface area (Å²) in [6.45, 7) is 6.39. The number of nitrogens with zero attached hydrogens (tertiary/aromatic N) is 1. The molecule has 6 nitrogen and oxygen atoms in total. The van der Waals surface area contributed by atoms with Crippen LogP contribution in [0.15, 0.2) is 48.5 Å². The molecule has 2 atom stereocenters. The van der Waals surface area contributed by atoms with E-state index in [9.17, 15) is 14.4 Å². The van der Waals surface area contributed by atoms with Gasteiger partial charge in [-0.15, -0.1) is 0 Å². The molecule has 2 N–H and O–H groups in total. The van der Waals surface area contributed by atoms with Gasteiger partial charge in [-0.1, -0.05) is 56.3 Å². The number of carbonyl (C=O) groups excluding carboxylic acids is 3. The van der Waals surface area contributed by atoms with Gasteiger partial charge in [0.2, 0.25) is 17.7 Å². The van der Waals surface area contributed by atoms with Crippen molar-refractivity contribution in [2.24, 2.45) is 5.92 Å². The van der Waals surface area contributed by atoms with Gasteiger partial charge in [-0.2, -0.15) is 0 Å². The summed E-state index contributed by atoms with van der Waals surface area (Å²) >= 11 is 0. The Morgan fingerprint density at radius 3 is 2.12 bits per heavy atom. The predicted octanol–water partition coefficient (Wildman–Crippen LogP) is 3.98. The van der Waals surface area contributed by atoms with Crippen molar-refractivity contribution in [2.45, 2.75) is 58.0 Å². The van der Waals surface area contributed by atoms with Crippen LogP contribution in [0.2, 0.25) is 0 Å². The molecule has 0 radical (unpaired) electrons. The summed E-state index contributed by atoms with van der Waals surface area (Å²) in [4.78, 5) is 38.9. The first-order valence-corrected chi connectivity index (χ1v) is 11.4. The number of hydrogen-bond donors (Lipinski definition) is 2. The van der Waals surface area contributed by atoms with Gasteiger partial charge in [-0.05, 0) is 42.4 Å². The van der Waals surface area contributed by atoms with Crippen LogP contribution in [0.5, 0.6) is 0 Å². The van der Waals surface area contributed by atoms with Crippen molar-refractivity contribution in [1.29, 1.82) is 0 Å². The van der Waals surface area contributed by atoms with Crippen molar-refractivity contribution >= 4 is 23.4 Å². The Bertz CT molecular complexity index is 1010. The summed E-state index contributed by atoms with van der Waals surface area (Å²) in [5.74, 6) is 0.256. The van der Waals surface area contributed by atoms with Gasteiger partial charge in [-0.3, -0.25) is 14.4 Å². The highest BCUT2D eigenvalue weighted by molar-refractivity contribution is 5.98. The number of para-hydroxylation sites is 1. The van der Waals surface area contributed by atoms with Crippen LogP contribution in [0, 0.1) is 5.92 Å². The third-order valence-corrected chi connectivity index (χ3v) is 6.43. The van der Waals surface area contributed by atoms with Gasteiger partial charge in [0.15, 0.2) is 0 Å². The summed E-state index contributed by atoms with van der Waals surface area (Å²) < 4.78 is 0. The first-order valence-electron chi connectivity index (χ1n) is 11.4. The maximum absolute atomic E-state index is 12.9. The highest BCUT2D eigenvalue weighted by Gasteiger charge is 2.36. The van der Waals surface area contributed by atoms with Crippen molar-refractivity contribution in [1.82, 2.24) is 10.2 Å². The molecule has 2 aliphatic rings. The van der Waals surface area contributed by atoms with Crippen LogP contribution in [0.4, 0.5) is 5.69 Å². The lowest BCUT2D eigenvalue weighted by Gasteiger charge is -2.39. The Morgan fingerprint density at radius 2 is 1.56 bits per heavy atom. The maximum Gasteiger partial charge on any atom is 0.247 e. The first kappa shape index (κ1) is 22.1. The molecule has 1 aliphatic carbocycles. The van der Waals surface area contributed by atoms with E-state index in [-0.39, 0.29) is 29.7 Å². The smallest absolute Gasteiger partial charge is 0.247 e. The molecule has 0 spiro atoms. The SMILES string of the molecule is CC(=O)N1CC[C@H]1C(=O)Nc1ccccc1[C@H](NC(=O)C1CC1)c1ccc(C(C)C)cc1. The fourth-order valence-corrected chi connectivity index (χ4v) is 4.14. The summed E-state index contributed by atoms with van der Waals surface area (Å²) in [5.41, 5.74) is 3.69. The fourth-order valence-electron chi connectivity index (χ4n) is 4.14. The lowest BCUT2D eigenvalue weighted by atomic mass is 9.93. The van der Waals surface area contributed by atoms with Crippen molar-refractivity contribution in [2.75, 3.05) is 11.9 Å². The molecule has 0 bridgehead atoms. The molecular formula is C26H31N3O3. The molecule has 3 amide bonds. The molecule has 4 rings (SSSR count). The zero-order valence-electron chi connectivity index (χ0n) is 18.9. The van der Waals surface area contributed by atoms with Crippen molar-refractivity contribution < 1.29 is 14.4 Å². The van der Waals surface area contributed by atoms with Crippen LogP contribution in [-0.2, 0) is 14.4 Å². The van der Waals surface area contributed by atoms with E-state index >= 15 is 0 Å².